The number of pyridine rings is 2. The molecule has 1 atom stereocenters. The average Bonchev–Trinajstić information content (AvgIpc) is 3.33. The van der Waals surface area contributed by atoms with Crippen LogP contribution in [0.2, 0.25) is 0 Å². The van der Waals surface area contributed by atoms with Crippen molar-refractivity contribution in [1.29, 1.82) is 0 Å². The van der Waals surface area contributed by atoms with Crippen LogP contribution in [0, 0.1) is 6.92 Å². The number of hydrogen-bond acceptors (Lipinski definition) is 6. The Labute approximate surface area is 172 Å². The van der Waals surface area contributed by atoms with E-state index in [4.69, 9.17) is 4.74 Å². The lowest BCUT2D eigenvalue weighted by atomic mass is 10.1. The highest BCUT2D eigenvalue weighted by atomic mass is 16.5. The number of aliphatic hydroxyl groups is 1. The summed E-state index contributed by atoms with van der Waals surface area (Å²) in [5, 5.41) is 21.2. The van der Waals surface area contributed by atoms with Crippen LogP contribution in [0.1, 0.15) is 33.5 Å². The van der Waals surface area contributed by atoms with E-state index in [1.807, 2.05) is 18.2 Å². The molecule has 0 radical (unpaired) electrons. The Morgan fingerprint density at radius 3 is 2.80 bits per heavy atom. The summed E-state index contributed by atoms with van der Waals surface area (Å²) >= 11 is 0. The number of fused-ring (bicyclic) bond motifs is 1. The number of carbonyl (C=O) groups excluding carboxylic acids is 1. The molecule has 4 heterocycles. The zero-order chi connectivity index (χ0) is 21.1. The molecule has 0 spiro atoms. The van der Waals surface area contributed by atoms with Crippen molar-refractivity contribution < 1.29 is 14.6 Å². The Morgan fingerprint density at radius 1 is 1.23 bits per heavy atom. The van der Waals surface area contributed by atoms with Crippen molar-refractivity contribution in [3.8, 4) is 5.75 Å². The molecule has 0 bridgehead atoms. The Bertz CT molecular complexity index is 1170. The number of nitrogens with zero attached hydrogens (tertiary/aromatic N) is 5. The summed E-state index contributed by atoms with van der Waals surface area (Å²) in [4.78, 5) is 17.3. The van der Waals surface area contributed by atoms with E-state index < -0.39 is 6.04 Å². The number of rotatable bonds is 7. The van der Waals surface area contributed by atoms with Crippen molar-refractivity contribution in [2.24, 2.45) is 7.05 Å². The second-order valence-electron chi connectivity index (χ2n) is 6.89. The summed E-state index contributed by atoms with van der Waals surface area (Å²) in [6, 6.07) is 10.3. The van der Waals surface area contributed by atoms with Crippen LogP contribution in [0.25, 0.3) is 5.52 Å². The molecule has 9 nitrogen and oxygen atoms in total. The van der Waals surface area contributed by atoms with E-state index in [-0.39, 0.29) is 12.5 Å². The second kappa shape index (κ2) is 8.34. The Morgan fingerprint density at radius 2 is 2.10 bits per heavy atom. The number of carbonyl (C=O) groups is 1. The van der Waals surface area contributed by atoms with Gasteiger partial charge < -0.3 is 15.2 Å². The van der Waals surface area contributed by atoms with Gasteiger partial charge in [0.1, 0.15) is 12.4 Å². The van der Waals surface area contributed by atoms with Gasteiger partial charge in [0, 0.05) is 31.7 Å². The molecule has 1 amide bonds. The molecule has 4 aromatic rings. The molecular formula is C21H22N6O3. The number of nitrogens with one attached hydrogen (secondary N) is 1. The van der Waals surface area contributed by atoms with E-state index >= 15 is 0 Å². The van der Waals surface area contributed by atoms with Crippen LogP contribution in [0.3, 0.4) is 0 Å². The van der Waals surface area contributed by atoms with Crippen molar-refractivity contribution in [2.45, 2.75) is 19.6 Å². The topological polar surface area (TPSA) is 107 Å². The zero-order valence-corrected chi connectivity index (χ0v) is 16.7. The van der Waals surface area contributed by atoms with Crippen LogP contribution in [-0.4, -0.2) is 42.0 Å². The van der Waals surface area contributed by atoms with E-state index in [0.29, 0.717) is 34.8 Å². The molecule has 0 aliphatic heterocycles. The number of aliphatic hydroxyl groups excluding tert-OH is 1. The summed E-state index contributed by atoms with van der Waals surface area (Å²) in [5.74, 6) is 0.264. The molecule has 154 valence electrons. The highest BCUT2D eigenvalue weighted by Gasteiger charge is 2.22. The van der Waals surface area contributed by atoms with E-state index in [2.05, 4.69) is 20.5 Å². The van der Waals surface area contributed by atoms with Gasteiger partial charge in [-0.1, -0.05) is 6.07 Å². The fourth-order valence-corrected chi connectivity index (χ4v) is 3.22. The van der Waals surface area contributed by atoms with Gasteiger partial charge in [-0.3, -0.25) is 14.5 Å². The Hall–Kier alpha value is -3.72. The highest BCUT2D eigenvalue weighted by Crippen LogP contribution is 2.22. The minimum Gasteiger partial charge on any atom is -0.487 e. The molecule has 0 aliphatic rings. The van der Waals surface area contributed by atoms with Gasteiger partial charge in [-0.25, -0.2) is 4.52 Å². The minimum absolute atomic E-state index is 0.264. The lowest BCUT2D eigenvalue weighted by Gasteiger charge is -2.14. The van der Waals surface area contributed by atoms with E-state index in [1.54, 1.807) is 60.0 Å². The molecule has 4 rings (SSSR count). The molecular weight excluding hydrogens is 384 g/mol. The van der Waals surface area contributed by atoms with Gasteiger partial charge in [0.15, 0.2) is 0 Å². The van der Waals surface area contributed by atoms with Crippen molar-refractivity contribution in [1.82, 2.24) is 29.7 Å². The maximum atomic E-state index is 13.0. The van der Waals surface area contributed by atoms with Crippen molar-refractivity contribution in [3.63, 3.8) is 0 Å². The molecule has 0 aromatic carbocycles. The van der Waals surface area contributed by atoms with Crippen molar-refractivity contribution in [2.75, 3.05) is 6.61 Å². The summed E-state index contributed by atoms with van der Waals surface area (Å²) in [6.07, 6.45) is 5.22. The van der Waals surface area contributed by atoms with Gasteiger partial charge in [0.2, 0.25) is 0 Å². The number of hydrogen-bond donors (Lipinski definition) is 2. The standard InChI is InChI=1S/C21H22N6O3/c1-14-20(21(29)23-18(12-28)17-7-9-26(2)25-17)19-11-16(6-10-27(19)24-14)30-13-15-5-3-4-8-22-15/h3-11,18,28H,12-13H2,1-2H3,(H,23,29). The van der Waals surface area contributed by atoms with E-state index in [0.717, 1.165) is 5.69 Å². The lowest BCUT2D eigenvalue weighted by Crippen LogP contribution is -2.31. The quantitative estimate of drug-likeness (QED) is 0.485. The summed E-state index contributed by atoms with van der Waals surface area (Å²) < 4.78 is 9.08. The number of amides is 1. The van der Waals surface area contributed by atoms with E-state index in [9.17, 15) is 9.90 Å². The van der Waals surface area contributed by atoms with Crippen molar-refractivity contribution in [3.05, 3.63) is 77.6 Å². The predicted octanol–water partition coefficient (Wildman–Crippen LogP) is 1.81. The number of aryl methyl sites for hydroxylation is 2. The van der Waals surface area contributed by atoms with Gasteiger partial charge in [-0.05, 0) is 31.2 Å². The molecule has 30 heavy (non-hydrogen) atoms. The largest absolute Gasteiger partial charge is 0.487 e. The molecule has 0 saturated heterocycles. The van der Waals surface area contributed by atoms with Gasteiger partial charge >= 0.3 is 0 Å². The van der Waals surface area contributed by atoms with Gasteiger partial charge in [-0.2, -0.15) is 10.2 Å². The van der Waals surface area contributed by atoms with Gasteiger partial charge in [0.05, 0.1) is 40.8 Å². The normalized spacial score (nSPS) is 12.1. The third kappa shape index (κ3) is 4.01. The molecule has 1 unspecified atom stereocenters. The van der Waals surface area contributed by atoms with Crippen LogP contribution in [0.5, 0.6) is 5.75 Å². The van der Waals surface area contributed by atoms with Crippen LogP contribution in [-0.2, 0) is 13.7 Å². The molecule has 9 heteroatoms. The fourth-order valence-electron chi connectivity index (χ4n) is 3.22. The summed E-state index contributed by atoms with van der Waals surface area (Å²) in [7, 11) is 1.78. The number of ether oxygens (including phenoxy) is 1. The van der Waals surface area contributed by atoms with Crippen molar-refractivity contribution >= 4 is 11.4 Å². The van der Waals surface area contributed by atoms with Gasteiger partial charge in [0.25, 0.3) is 5.91 Å². The Balaban J connectivity index is 1.58. The number of aromatic nitrogens is 5. The third-order valence-electron chi connectivity index (χ3n) is 4.70. The first kappa shape index (κ1) is 19.6. The van der Waals surface area contributed by atoms with E-state index in [1.165, 1.54) is 0 Å². The van der Waals surface area contributed by atoms with Crippen LogP contribution in [0.4, 0.5) is 0 Å². The highest BCUT2D eigenvalue weighted by molar-refractivity contribution is 6.02. The lowest BCUT2D eigenvalue weighted by molar-refractivity contribution is 0.0915. The average molecular weight is 406 g/mol. The maximum Gasteiger partial charge on any atom is 0.256 e. The first-order valence-corrected chi connectivity index (χ1v) is 9.48. The monoisotopic (exact) mass is 406 g/mol. The molecule has 0 fully saturated rings. The molecule has 4 aromatic heterocycles. The third-order valence-corrected chi connectivity index (χ3v) is 4.70. The van der Waals surface area contributed by atoms with Crippen LogP contribution >= 0.6 is 0 Å². The summed E-state index contributed by atoms with van der Waals surface area (Å²) in [6.45, 7) is 1.82. The van der Waals surface area contributed by atoms with Crippen LogP contribution < -0.4 is 10.1 Å². The van der Waals surface area contributed by atoms with Gasteiger partial charge in [-0.15, -0.1) is 0 Å². The SMILES string of the molecule is Cc1nn2ccc(OCc3ccccn3)cc2c1C(=O)NC(CO)c1ccn(C)n1. The maximum absolute atomic E-state index is 13.0. The summed E-state index contributed by atoms with van der Waals surface area (Å²) in [5.41, 5.74) is 3.00. The molecule has 2 N–H and O–H groups in total. The Kier molecular flexibility index (Phi) is 5.44. The fraction of sp³-hybridized carbons (Fsp3) is 0.238. The van der Waals surface area contributed by atoms with Crippen LogP contribution in [0.15, 0.2) is 55.0 Å². The predicted molar refractivity (Wildman–Crippen MR) is 109 cm³/mol. The second-order valence-corrected chi connectivity index (χ2v) is 6.89. The molecule has 0 saturated carbocycles. The zero-order valence-electron chi connectivity index (χ0n) is 16.7. The first-order chi connectivity index (χ1) is 14.5. The first-order valence-electron chi connectivity index (χ1n) is 9.48. The minimum atomic E-state index is -0.614. The smallest absolute Gasteiger partial charge is 0.256 e. The molecule has 0 aliphatic carbocycles.